The van der Waals surface area contributed by atoms with Gasteiger partial charge in [0.25, 0.3) is 5.56 Å². The summed E-state index contributed by atoms with van der Waals surface area (Å²) in [4.78, 5) is 24.5. The Kier molecular flexibility index (Phi) is 8.19. The number of amides is 1. The Morgan fingerprint density at radius 2 is 1.56 bits per heavy atom. The van der Waals surface area contributed by atoms with Gasteiger partial charge in [0, 0.05) is 31.9 Å². The summed E-state index contributed by atoms with van der Waals surface area (Å²) in [6.45, 7) is 3.95. The highest BCUT2D eigenvalue weighted by Gasteiger charge is 2.22. The molecule has 0 saturated carbocycles. The maximum atomic E-state index is 13.0. The molecule has 0 aliphatic rings. The van der Waals surface area contributed by atoms with E-state index in [1.165, 1.54) is 40.8 Å². The number of aromatic nitrogens is 1. The third kappa shape index (κ3) is 6.30. The number of nitrogens with one attached hydrogen (secondary N) is 1. The van der Waals surface area contributed by atoms with Crippen molar-refractivity contribution in [2.75, 3.05) is 13.1 Å². The molecule has 2 aromatic carbocycles. The quantitative estimate of drug-likeness (QED) is 0.474. The van der Waals surface area contributed by atoms with Crippen LogP contribution in [0.1, 0.15) is 19.4 Å². The molecule has 0 bridgehead atoms. The normalized spacial score (nSPS) is 11.4. The van der Waals surface area contributed by atoms with Gasteiger partial charge < -0.3 is 14.6 Å². The predicted octanol–water partition coefficient (Wildman–Crippen LogP) is 3.13. The number of halogens is 1. The third-order valence-corrected chi connectivity index (χ3v) is 7.11. The van der Waals surface area contributed by atoms with Crippen LogP contribution >= 0.6 is 0 Å². The Hall–Kier alpha value is -3.50. The van der Waals surface area contributed by atoms with E-state index < -0.39 is 21.5 Å². The first-order valence-corrected chi connectivity index (χ1v) is 12.2. The fourth-order valence-electron chi connectivity index (χ4n) is 3.22. The number of pyridine rings is 1. The van der Waals surface area contributed by atoms with E-state index in [-0.39, 0.29) is 23.8 Å². The second-order valence-electron chi connectivity index (χ2n) is 7.40. The molecule has 0 radical (unpaired) electrons. The van der Waals surface area contributed by atoms with E-state index in [0.29, 0.717) is 24.6 Å². The van der Waals surface area contributed by atoms with Gasteiger partial charge in [-0.25, -0.2) is 12.8 Å². The Morgan fingerprint density at radius 3 is 2.15 bits per heavy atom. The predicted molar refractivity (Wildman–Crippen MR) is 126 cm³/mol. The minimum absolute atomic E-state index is 0.0413. The van der Waals surface area contributed by atoms with Gasteiger partial charge in [0.2, 0.25) is 15.9 Å². The maximum absolute atomic E-state index is 13.0. The van der Waals surface area contributed by atoms with Gasteiger partial charge in [-0.05, 0) is 48.0 Å². The molecule has 1 N–H and O–H groups in total. The SMILES string of the molecule is CCN(CC)S(=O)(=O)c1ccc(=O)n(CC(=O)NCc2ccc(Oc3ccc(F)cc3)cc2)c1. The topological polar surface area (TPSA) is 97.7 Å². The van der Waals surface area contributed by atoms with Gasteiger partial charge in [0.1, 0.15) is 23.9 Å². The van der Waals surface area contributed by atoms with Crippen LogP contribution in [0, 0.1) is 5.82 Å². The zero-order valence-electron chi connectivity index (χ0n) is 18.9. The minimum atomic E-state index is -3.75. The highest BCUT2D eigenvalue weighted by atomic mass is 32.2. The van der Waals surface area contributed by atoms with E-state index in [2.05, 4.69) is 5.32 Å². The standard InChI is InChI=1S/C24H26FN3O5S/c1-3-28(4-2)34(31,32)22-13-14-24(30)27(16-22)17-23(29)26-15-18-5-9-20(10-6-18)33-21-11-7-19(25)8-12-21/h5-14,16H,3-4,15,17H2,1-2H3,(H,26,29). The van der Waals surface area contributed by atoms with Crippen molar-refractivity contribution >= 4 is 15.9 Å². The second kappa shape index (κ2) is 11.1. The molecule has 0 atom stereocenters. The summed E-state index contributed by atoms with van der Waals surface area (Å²) in [5, 5.41) is 2.71. The zero-order valence-corrected chi connectivity index (χ0v) is 19.7. The van der Waals surface area contributed by atoms with Gasteiger partial charge in [0.15, 0.2) is 0 Å². The molecule has 8 nitrogen and oxygen atoms in total. The van der Waals surface area contributed by atoms with Gasteiger partial charge in [-0.3, -0.25) is 9.59 Å². The molecule has 0 unspecified atom stereocenters. The summed E-state index contributed by atoms with van der Waals surface area (Å²) in [6.07, 6.45) is 1.19. The van der Waals surface area contributed by atoms with Gasteiger partial charge >= 0.3 is 0 Å². The van der Waals surface area contributed by atoms with Crippen LogP contribution in [0.5, 0.6) is 11.5 Å². The summed E-state index contributed by atoms with van der Waals surface area (Å²) in [5.74, 6) is 0.265. The number of ether oxygens (including phenoxy) is 1. The average molecular weight is 488 g/mol. The molecule has 0 aliphatic carbocycles. The van der Waals surface area contributed by atoms with Crippen LogP contribution in [-0.4, -0.2) is 36.3 Å². The molecule has 3 aromatic rings. The van der Waals surface area contributed by atoms with E-state index in [9.17, 15) is 22.4 Å². The molecule has 1 aromatic heterocycles. The van der Waals surface area contributed by atoms with Crippen LogP contribution in [0.15, 0.2) is 76.6 Å². The second-order valence-corrected chi connectivity index (χ2v) is 9.33. The number of nitrogens with zero attached hydrogens (tertiary/aromatic N) is 2. The van der Waals surface area contributed by atoms with E-state index in [0.717, 1.165) is 16.2 Å². The van der Waals surface area contributed by atoms with Gasteiger partial charge in [0.05, 0.1) is 4.90 Å². The number of rotatable bonds is 10. The first-order chi connectivity index (χ1) is 16.2. The molecule has 0 saturated heterocycles. The highest BCUT2D eigenvalue weighted by molar-refractivity contribution is 7.89. The number of carbonyl (C=O) groups excluding carboxylic acids is 1. The molecule has 180 valence electrons. The monoisotopic (exact) mass is 487 g/mol. The van der Waals surface area contributed by atoms with Crippen molar-refractivity contribution in [3.8, 4) is 11.5 Å². The molecule has 10 heteroatoms. The molecule has 3 rings (SSSR count). The molecular weight excluding hydrogens is 461 g/mol. The van der Waals surface area contributed by atoms with Crippen molar-refractivity contribution in [2.24, 2.45) is 0 Å². The van der Waals surface area contributed by atoms with Crippen molar-refractivity contribution in [3.63, 3.8) is 0 Å². The van der Waals surface area contributed by atoms with Crippen molar-refractivity contribution in [3.05, 3.63) is 88.6 Å². The lowest BCUT2D eigenvalue weighted by molar-refractivity contribution is -0.121. The van der Waals surface area contributed by atoms with Crippen molar-refractivity contribution < 1.29 is 22.3 Å². The Labute approximate surface area is 197 Å². The van der Waals surface area contributed by atoms with Crippen LogP contribution in [0.3, 0.4) is 0 Å². The van der Waals surface area contributed by atoms with Gasteiger partial charge in [-0.1, -0.05) is 26.0 Å². The molecular formula is C24H26FN3O5S. The minimum Gasteiger partial charge on any atom is -0.457 e. The maximum Gasteiger partial charge on any atom is 0.251 e. The third-order valence-electron chi connectivity index (χ3n) is 5.08. The number of carbonyl (C=O) groups is 1. The molecule has 34 heavy (non-hydrogen) atoms. The van der Waals surface area contributed by atoms with E-state index in [1.54, 1.807) is 38.1 Å². The number of benzene rings is 2. The van der Waals surface area contributed by atoms with E-state index in [4.69, 9.17) is 4.74 Å². The Bertz CT molecular complexity index is 1290. The molecule has 0 fully saturated rings. The van der Waals surface area contributed by atoms with Crippen molar-refractivity contribution in [1.82, 2.24) is 14.2 Å². The number of sulfonamides is 1. The molecule has 1 amide bonds. The largest absolute Gasteiger partial charge is 0.457 e. The molecule has 1 heterocycles. The first-order valence-electron chi connectivity index (χ1n) is 10.7. The number of hydrogen-bond donors (Lipinski definition) is 1. The summed E-state index contributed by atoms with van der Waals surface area (Å²) in [7, 11) is -3.75. The van der Waals surface area contributed by atoms with E-state index in [1.807, 2.05) is 0 Å². The highest BCUT2D eigenvalue weighted by Crippen LogP contribution is 2.21. The van der Waals surface area contributed by atoms with Crippen LogP contribution in [0.2, 0.25) is 0 Å². The van der Waals surface area contributed by atoms with Crippen LogP contribution in [0.4, 0.5) is 4.39 Å². The summed E-state index contributed by atoms with van der Waals surface area (Å²) in [5.41, 5.74) is 0.320. The lowest BCUT2D eigenvalue weighted by atomic mass is 10.2. The van der Waals surface area contributed by atoms with Crippen molar-refractivity contribution in [1.29, 1.82) is 0 Å². The average Bonchev–Trinajstić information content (AvgIpc) is 2.82. The lowest BCUT2D eigenvalue weighted by Crippen LogP contribution is -2.34. The van der Waals surface area contributed by atoms with Crippen LogP contribution in [-0.2, 0) is 27.9 Å². The summed E-state index contributed by atoms with van der Waals surface area (Å²) >= 11 is 0. The molecule has 0 spiro atoms. The van der Waals surface area contributed by atoms with E-state index >= 15 is 0 Å². The molecule has 0 aliphatic heterocycles. The van der Waals surface area contributed by atoms with Gasteiger partial charge in [-0.15, -0.1) is 0 Å². The van der Waals surface area contributed by atoms with Crippen LogP contribution < -0.4 is 15.6 Å². The lowest BCUT2D eigenvalue weighted by Gasteiger charge is -2.19. The smallest absolute Gasteiger partial charge is 0.251 e. The Morgan fingerprint density at radius 1 is 0.971 bits per heavy atom. The summed E-state index contributed by atoms with van der Waals surface area (Å²) < 4.78 is 46.4. The van der Waals surface area contributed by atoms with Crippen LogP contribution in [0.25, 0.3) is 0 Å². The van der Waals surface area contributed by atoms with Gasteiger partial charge in [-0.2, -0.15) is 4.31 Å². The fourth-order valence-corrected chi connectivity index (χ4v) is 4.70. The fraction of sp³-hybridized carbons (Fsp3) is 0.250. The van der Waals surface area contributed by atoms with Crippen molar-refractivity contribution in [2.45, 2.75) is 31.8 Å². The summed E-state index contributed by atoms with van der Waals surface area (Å²) in [6, 6.07) is 15.0. The first kappa shape index (κ1) is 25.1. The zero-order chi connectivity index (χ0) is 24.7. The Balaban J connectivity index is 1.60. The number of hydrogen-bond acceptors (Lipinski definition) is 5.